The normalized spacial score (nSPS) is 13.6. The lowest BCUT2D eigenvalue weighted by atomic mass is 10.2. The molecule has 0 saturated heterocycles. The number of hydrogen-bond acceptors (Lipinski definition) is 2. The highest BCUT2D eigenvalue weighted by Crippen LogP contribution is 2.12. The Morgan fingerprint density at radius 2 is 2.56 bits per heavy atom. The lowest BCUT2D eigenvalue weighted by molar-refractivity contribution is 0.460. The molecule has 9 heavy (non-hydrogen) atoms. The Morgan fingerprint density at radius 3 is 3.00 bits per heavy atom. The third-order valence-corrected chi connectivity index (χ3v) is 1.35. The molecule has 0 radical (unpaired) electrons. The molecule has 1 aromatic heterocycles. The smallest absolute Gasteiger partial charge is 0.120 e. The van der Waals surface area contributed by atoms with Gasteiger partial charge in [0.05, 0.1) is 12.3 Å². The first-order valence-electron chi connectivity index (χ1n) is 3.13. The van der Waals surface area contributed by atoms with E-state index in [0.29, 0.717) is 0 Å². The van der Waals surface area contributed by atoms with E-state index in [9.17, 15) is 0 Å². The van der Waals surface area contributed by atoms with Crippen LogP contribution < -0.4 is 5.73 Å². The molecule has 1 heterocycles. The van der Waals surface area contributed by atoms with Crippen LogP contribution in [0.4, 0.5) is 0 Å². The second kappa shape index (κ2) is 2.69. The summed E-state index contributed by atoms with van der Waals surface area (Å²) in [6.45, 7) is 2.03. The average molecular weight is 125 g/mol. The van der Waals surface area contributed by atoms with Gasteiger partial charge in [-0.2, -0.15) is 0 Å². The molecule has 0 bridgehead atoms. The van der Waals surface area contributed by atoms with Crippen molar-refractivity contribution >= 4 is 0 Å². The summed E-state index contributed by atoms with van der Waals surface area (Å²) < 4.78 is 5.06. The van der Waals surface area contributed by atoms with Crippen LogP contribution in [0, 0.1) is 0 Å². The van der Waals surface area contributed by atoms with Gasteiger partial charge in [0.2, 0.25) is 0 Å². The fourth-order valence-electron chi connectivity index (χ4n) is 0.703. The van der Waals surface area contributed by atoms with Gasteiger partial charge in [0.15, 0.2) is 0 Å². The molecule has 2 nitrogen and oxygen atoms in total. The van der Waals surface area contributed by atoms with E-state index in [0.717, 1.165) is 12.2 Å². The van der Waals surface area contributed by atoms with Crippen molar-refractivity contribution in [2.45, 2.75) is 19.4 Å². The van der Waals surface area contributed by atoms with Crippen LogP contribution in [0.2, 0.25) is 0 Å². The maximum Gasteiger partial charge on any atom is 0.120 e. The van der Waals surface area contributed by atoms with E-state index in [4.69, 9.17) is 10.2 Å². The molecule has 1 rings (SSSR count). The Morgan fingerprint density at radius 1 is 1.78 bits per heavy atom. The zero-order chi connectivity index (χ0) is 6.69. The largest absolute Gasteiger partial charge is 0.468 e. The van der Waals surface area contributed by atoms with Gasteiger partial charge in [-0.05, 0) is 18.6 Å². The summed E-state index contributed by atoms with van der Waals surface area (Å²) in [5.41, 5.74) is 5.64. The fraction of sp³-hybridized carbons (Fsp3) is 0.429. The van der Waals surface area contributed by atoms with Crippen molar-refractivity contribution in [3.05, 3.63) is 24.2 Å². The minimum Gasteiger partial charge on any atom is -0.468 e. The van der Waals surface area contributed by atoms with Crippen molar-refractivity contribution in [2.24, 2.45) is 5.73 Å². The monoisotopic (exact) mass is 125 g/mol. The summed E-state index contributed by atoms with van der Waals surface area (Å²) in [5.74, 6) is 0.873. The van der Waals surface area contributed by atoms with Crippen molar-refractivity contribution < 1.29 is 4.42 Å². The first-order valence-corrected chi connectivity index (χ1v) is 3.13. The van der Waals surface area contributed by atoms with Gasteiger partial charge in [-0.1, -0.05) is 6.92 Å². The van der Waals surface area contributed by atoms with Crippen LogP contribution in [-0.4, -0.2) is 0 Å². The average Bonchev–Trinajstić information content (AvgIpc) is 2.37. The second-order valence-corrected chi connectivity index (χ2v) is 2.03. The van der Waals surface area contributed by atoms with Gasteiger partial charge >= 0.3 is 0 Å². The van der Waals surface area contributed by atoms with Gasteiger partial charge in [-0.15, -0.1) is 0 Å². The zero-order valence-electron chi connectivity index (χ0n) is 5.50. The maximum absolute atomic E-state index is 5.64. The quantitative estimate of drug-likeness (QED) is 0.653. The van der Waals surface area contributed by atoms with Crippen LogP contribution in [0.3, 0.4) is 0 Å². The standard InChI is InChI=1S/C7H11NO/c1-2-6(8)7-4-3-5-9-7/h3-6H,2,8H2,1H3. The first kappa shape index (κ1) is 6.36. The maximum atomic E-state index is 5.64. The van der Waals surface area contributed by atoms with Crippen LogP contribution in [0.1, 0.15) is 25.1 Å². The molecule has 1 unspecified atom stereocenters. The van der Waals surface area contributed by atoms with Gasteiger partial charge < -0.3 is 10.2 Å². The predicted octanol–water partition coefficient (Wildman–Crippen LogP) is 1.69. The Balaban J connectivity index is 2.65. The molecule has 50 valence electrons. The molecular weight excluding hydrogens is 114 g/mol. The van der Waals surface area contributed by atoms with E-state index in [-0.39, 0.29) is 6.04 Å². The van der Waals surface area contributed by atoms with Crippen molar-refractivity contribution in [3.63, 3.8) is 0 Å². The van der Waals surface area contributed by atoms with Gasteiger partial charge in [-0.25, -0.2) is 0 Å². The van der Waals surface area contributed by atoms with Gasteiger partial charge in [-0.3, -0.25) is 0 Å². The van der Waals surface area contributed by atoms with Gasteiger partial charge in [0, 0.05) is 0 Å². The van der Waals surface area contributed by atoms with E-state index in [1.807, 2.05) is 19.1 Å². The third-order valence-electron chi connectivity index (χ3n) is 1.35. The second-order valence-electron chi connectivity index (χ2n) is 2.03. The van der Waals surface area contributed by atoms with E-state index in [1.165, 1.54) is 0 Å². The Bertz CT molecular complexity index is 157. The lowest BCUT2D eigenvalue weighted by Crippen LogP contribution is -2.06. The predicted molar refractivity (Wildman–Crippen MR) is 35.9 cm³/mol. The van der Waals surface area contributed by atoms with Crippen LogP contribution in [0.5, 0.6) is 0 Å². The van der Waals surface area contributed by atoms with Gasteiger partial charge in [0.25, 0.3) is 0 Å². The van der Waals surface area contributed by atoms with Gasteiger partial charge in [0.1, 0.15) is 5.76 Å². The van der Waals surface area contributed by atoms with E-state index < -0.39 is 0 Å². The van der Waals surface area contributed by atoms with Crippen LogP contribution in [0.15, 0.2) is 22.8 Å². The topological polar surface area (TPSA) is 39.2 Å². The summed E-state index contributed by atoms with van der Waals surface area (Å²) in [5, 5.41) is 0. The molecule has 0 aromatic carbocycles. The van der Waals surface area contributed by atoms with Crippen LogP contribution in [0.25, 0.3) is 0 Å². The Kier molecular flexibility index (Phi) is 1.90. The van der Waals surface area contributed by atoms with E-state index >= 15 is 0 Å². The molecule has 1 aromatic rings. The molecule has 1 atom stereocenters. The molecule has 2 N–H and O–H groups in total. The summed E-state index contributed by atoms with van der Waals surface area (Å²) >= 11 is 0. The summed E-state index contributed by atoms with van der Waals surface area (Å²) in [6, 6.07) is 3.82. The van der Waals surface area contributed by atoms with Crippen molar-refractivity contribution in [1.82, 2.24) is 0 Å². The molecule has 2 heteroatoms. The summed E-state index contributed by atoms with van der Waals surface area (Å²) in [6.07, 6.45) is 2.57. The van der Waals surface area contributed by atoms with Crippen molar-refractivity contribution in [1.29, 1.82) is 0 Å². The zero-order valence-corrected chi connectivity index (χ0v) is 5.50. The molecular formula is C7H11NO. The van der Waals surface area contributed by atoms with Crippen LogP contribution in [-0.2, 0) is 0 Å². The highest BCUT2D eigenvalue weighted by atomic mass is 16.3. The molecule has 0 aliphatic rings. The number of rotatable bonds is 2. The fourth-order valence-corrected chi connectivity index (χ4v) is 0.703. The molecule has 0 aliphatic carbocycles. The number of hydrogen-bond donors (Lipinski definition) is 1. The minimum absolute atomic E-state index is 0.0694. The Hall–Kier alpha value is -0.760. The first-order chi connectivity index (χ1) is 4.34. The highest BCUT2D eigenvalue weighted by molar-refractivity contribution is 5.02. The number of nitrogens with two attached hydrogens (primary N) is 1. The molecule has 0 fully saturated rings. The molecule has 0 saturated carbocycles. The highest BCUT2D eigenvalue weighted by Gasteiger charge is 2.03. The third kappa shape index (κ3) is 1.33. The van der Waals surface area contributed by atoms with Crippen molar-refractivity contribution in [2.75, 3.05) is 0 Å². The van der Waals surface area contributed by atoms with Crippen LogP contribution >= 0.6 is 0 Å². The van der Waals surface area contributed by atoms with E-state index in [1.54, 1.807) is 6.26 Å². The van der Waals surface area contributed by atoms with Crippen molar-refractivity contribution in [3.8, 4) is 0 Å². The minimum atomic E-state index is 0.0694. The van der Waals surface area contributed by atoms with E-state index in [2.05, 4.69) is 0 Å². The lowest BCUT2D eigenvalue weighted by Gasteiger charge is -2.01. The molecule has 0 spiro atoms. The Labute approximate surface area is 54.7 Å². The SMILES string of the molecule is CCC(N)c1ccco1. The summed E-state index contributed by atoms with van der Waals surface area (Å²) in [7, 11) is 0. The molecule has 0 amide bonds. The summed E-state index contributed by atoms with van der Waals surface area (Å²) in [4.78, 5) is 0. The molecule has 0 aliphatic heterocycles. The number of furan rings is 1.